The van der Waals surface area contributed by atoms with E-state index in [0.29, 0.717) is 6.42 Å². The van der Waals surface area contributed by atoms with Crippen LogP contribution in [0.3, 0.4) is 0 Å². The molecule has 1 aliphatic rings. The lowest BCUT2D eigenvalue weighted by Gasteiger charge is -2.35. The number of amides is 1. The average Bonchev–Trinajstić information content (AvgIpc) is 3.12. The molecule has 0 saturated carbocycles. The fourth-order valence-corrected chi connectivity index (χ4v) is 5.24. The van der Waals surface area contributed by atoms with E-state index in [0.717, 1.165) is 53.2 Å². The van der Waals surface area contributed by atoms with Crippen molar-refractivity contribution >= 4 is 29.4 Å². The highest BCUT2D eigenvalue weighted by Crippen LogP contribution is 2.38. The van der Waals surface area contributed by atoms with E-state index in [1.54, 1.807) is 7.11 Å². The Morgan fingerprint density at radius 1 is 1.21 bits per heavy atom. The first-order valence-corrected chi connectivity index (χ1v) is 11.6. The summed E-state index contributed by atoms with van der Waals surface area (Å²) in [5, 5.41) is 0.0862. The van der Waals surface area contributed by atoms with Crippen LogP contribution in [0.5, 0.6) is 5.75 Å². The van der Waals surface area contributed by atoms with Gasteiger partial charge in [0.1, 0.15) is 22.6 Å². The van der Waals surface area contributed by atoms with Gasteiger partial charge in [-0.05, 0) is 43.9 Å². The molecular weight excluding hydrogens is 392 g/mol. The summed E-state index contributed by atoms with van der Waals surface area (Å²) in [5.41, 5.74) is 1.16. The molecule has 0 N–H and O–H groups in total. The van der Waals surface area contributed by atoms with Crippen LogP contribution in [0.15, 0.2) is 40.8 Å². The molecule has 28 heavy (non-hydrogen) atoms. The molecule has 152 valence electrons. The lowest BCUT2D eigenvalue weighted by Crippen LogP contribution is -2.38. The highest BCUT2D eigenvalue weighted by atomic mass is 32.2. The van der Waals surface area contributed by atoms with E-state index in [-0.39, 0.29) is 11.3 Å². The first kappa shape index (κ1) is 21.1. The number of furan rings is 1. The van der Waals surface area contributed by atoms with E-state index < -0.39 is 0 Å². The Labute approximate surface area is 175 Å². The summed E-state index contributed by atoms with van der Waals surface area (Å²) in [6.45, 7) is 1.56. The zero-order chi connectivity index (χ0) is 19.9. The van der Waals surface area contributed by atoms with Gasteiger partial charge in [-0.25, -0.2) is 0 Å². The van der Waals surface area contributed by atoms with Crippen molar-refractivity contribution < 1.29 is 13.9 Å². The molecule has 1 aromatic carbocycles. The summed E-state index contributed by atoms with van der Waals surface area (Å²) in [6, 6.07) is 12.1. The Morgan fingerprint density at radius 2 is 1.96 bits per heavy atom. The van der Waals surface area contributed by atoms with Gasteiger partial charge in [-0.2, -0.15) is 11.8 Å². The summed E-state index contributed by atoms with van der Waals surface area (Å²) in [4.78, 5) is 16.6. The molecule has 0 radical (unpaired) electrons. The molecule has 2 aromatic rings. The number of carbonyl (C=O) groups excluding carboxylic acids is 1. The smallest absolute Gasteiger partial charge is 0.224 e. The van der Waals surface area contributed by atoms with Crippen molar-refractivity contribution in [1.29, 1.82) is 0 Å². The molecule has 0 aliphatic carbocycles. The standard InChI is InChI=1S/C21H28N2O3S2/c1-22(2)14-18-8-9-19(26-18)15-27-13-11-23-20(24)10-12-28-21(23)16-4-6-17(25-3)7-5-16/h4-9,21H,10-15H2,1-3H3. The SMILES string of the molecule is COc1ccc(C2SCCC(=O)N2CCSCc2ccc(CN(C)C)o2)cc1. The third-order valence-electron chi connectivity index (χ3n) is 4.51. The molecule has 3 rings (SSSR count). The number of hydrogen-bond acceptors (Lipinski definition) is 6. The molecule has 1 fully saturated rings. The van der Waals surface area contributed by atoms with Crippen molar-refractivity contribution in [2.45, 2.75) is 24.1 Å². The minimum absolute atomic E-state index is 0.0862. The molecule has 1 amide bonds. The van der Waals surface area contributed by atoms with Crippen molar-refractivity contribution in [3.63, 3.8) is 0 Å². The zero-order valence-corrected chi connectivity index (χ0v) is 18.4. The van der Waals surface area contributed by atoms with Gasteiger partial charge in [0.15, 0.2) is 0 Å². The van der Waals surface area contributed by atoms with Crippen LogP contribution in [0, 0.1) is 0 Å². The monoisotopic (exact) mass is 420 g/mol. The summed E-state index contributed by atoms with van der Waals surface area (Å²) in [7, 11) is 5.73. The van der Waals surface area contributed by atoms with Crippen molar-refractivity contribution in [3.8, 4) is 5.75 Å². The third-order valence-corrected chi connectivity index (χ3v) is 6.75. The van der Waals surface area contributed by atoms with Crippen LogP contribution in [-0.2, 0) is 17.1 Å². The van der Waals surface area contributed by atoms with Gasteiger partial charge in [-0.1, -0.05) is 12.1 Å². The van der Waals surface area contributed by atoms with Gasteiger partial charge in [0.2, 0.25) is 5.91 Å². The number of ether oxygens (including phenoxy) is 1. The first-order chi connectivity index (χ1) is 13.6. The number of thioether (sulfide) groups is 2. The minimum atomic E-state index is 0.0862. The molecule has 1 aromatic heterocycles. The largest absolute Gasteiger partial charge is 0.497 e. The van der Waals surface area contributed by atoms with Gasteiger partial charge in [-0.15, -0.1) is 11.8 Å². The van der Waals surface area contributed by atoms with Crippen LogP contribution in [0.1, 0.15) is 28.9 Å². The highest BCUT2D eigenvalue weighted by Gasteiger charge is 2.29. The van der Waals surface area contributed by atoms with E-state index in [4.69, 9.17) is 9.15 Å². The lowest BCUT2D eigenvalue weighted by molar-refractivity contribution is -0.131. The summed E-state index contributed by atoms with van der Waals surface area (Å²) >= 11 is 3.64. The average molecular weight is 421 g/mol. The first-order valence-electron chi connectivity index (χ1n) is 9.42. The van der Waals surface area contributed by atoms with Gasteiger partial charge in [0, 0.05) is 24.5 Å². The number of carbonyl (C=O) groups is 1. The molecule has 5 nitrogen and oxygen atoms in total. The van der Waals surface area contributed by atoms with Gasteiger partial charge in [-0.3, -0.25) is 4.79 Å². The van der Waals surface area contributed by atoms with Crippen LogP contribution >= 0.6 is 23.5 Å². The summed E-state index contributed by atoms with van der Waals surface area (Å²) in [5.74, 6) is 5.66. The third kappa shape index (κ3) is 5.72. The molecule has 1 unspecified atom stereocenters. The fraction of sp³-hybridized carbons (Fsp3) is 0.476. The molecular formula is C21H28N2O3S2. The topological polar surface area (TPSA) is 45.9 Å². The van der Waals surface area contributed by atoms with Crippen molar-refractivity contribution in [3.05, 3.63) is 53.5 Å². The number of rotatable bonds is 9. The Hall–Kier alpha value is -1.57. The molecule has 1 atom stereocenters. The summed E-state index contributed by atoms with van der Waals surface area (Å²) in [6.07, 6.45) is 0.619. The Bertz CT molecular complexity index is 761. The maximum Gasteiger partial charge on any atom is 0.224 e. The maximum atomic E-state index is 12.5. The normalized spacial score (nSPS) is 17.4. The van der Waals surface area contributed by atoms with Gasteiger partial charge >= 0.3 is 0 Å². The Balaban J connectivity index is 1.53. The number of nitrogens with zero attached hydrogens (tertiary/aromatic N) is 2. The van der Waals surface area contributed by atoms with Crippen molar-refractivity contribution in [2.24, 2.45) is 0 Å². The molecule has 0 bridgehead atoms. The predicted molar refractivity (Wildman–Crippen MR) is 117 cm³/mol. The number of benzene rings is 1. The minimum Gasteiger partial charge on any atom is -0.497 e. The van der Waals surface area contributed by atoms with Gasteiger partial charge in [0.05, 0.1) is 19.4 Å². The van der Waals surface area contributed by atoms with E-state index >= 15 is 0 Å². The van der Waals surface area contributed by atoms with E-state index in [2.05, 4.69) is 17.0 Å². The van der Waals surface area contributed by atoms with Gasteiger partial charge < -0.3 is 19.0 Å². The summed E-state index contributed by atoms with van der Waals surface area (Å²) < 4.78 is 11.1. The van der Waals surface area contributed by atoms with E-state index in [9.17, 15) is 4.79 Å². The second-order valence-electron chi connectivity index (χ2n) is 6.99. The lowest BCUT2D eigenvalue weighted by atomic mass is 10.2. The predicted octanol–water partition coefficient (Wildman–Crippen LogP) is 4.25. The van der Waals surface area contributed by atoms with Crippen LogP contribution in [0.25, 0.3) is 0 Å². The van der Waals surface area contributed by atoms with E-state index in [1.807, 2.05) is 66.8 Å². The molecule has 1 saturated heterocycles. The molecule has 0 spiro atoms. The fourth-order valence-electron chi connectivity index (χ4n) is 3.14. The van der Waals surface area contributed by atoms with Crippen LogP contribution in [0.2, 0.25) is 0 Å². The number of methoxy groups -OCH3 is 1. The Kier molecular flexibility index (Phi) is 7.76. The van der Waals surface area contributed by atoms with Gasteiger partial charge in [0.25, 0.3) is 0 Å². The van der Waals surface area contributed by atoms with Crippen LogP contribution in [0.4, 0.5) is 0 Å². The molecule has 7 heteroatoms. The number of hydrogen-bond donors (Lipinski definition) is 0. The van der Waals surface area contributed by atoms with Crippen LogP contribution in [-0.4, -0.2) is 55.0 Å². The maximum absolute atomic E-state index is 12.5. The zero-order valence-electron chi connectivity index (χ0n) is 16.7. The Morgan fingerprint density at radius 3 is 2.68 bits per heavy atom. The second-order valence-corrected chi connectivity index (χ2v) is 9.29. The van der Waals surface area contributed by atoms with Crippen LogP contribution < -0.4 is 4.74 Å². The van der Waals surface area contributed by atoms with E-state index in [1.165, 1.54) is 0 Å². The van der Waals surface area contributed by atoms with Crippen molar-refractivity contribution in [1.82, 2.24) is 9.80 Å². The molecule has 1 aliphatic heterocycles. The molecule has 2 heterocycles. The highest BCUT2D eigenvalue weighted by molar-refractivity contribution is 7.99. The second kappa shape index (κ2) is 10.3. The van der Waals surface area contributed by atoms with Crippen molar-refractivity contribution in [2.75, 3.05) is 39.3 Å². The quantitative estimate of drug-likeness (QED) is 0.565.